The van der Waals surface area contributed by atoms with Gasteiger partial charge in [0, 0.05) is 5.56 Å². The zero-order chi connectivity index (χ0) is 11.3. The third kappa shape index (κ3) is 3.92. The van der Waals surface area contributed by atoms with Crippen LogP contribution >= 0.6 is 0 Å². The minimum atomic E-state index is -4.33. The van der Waals surface area contributed by atoms with E-state index in [0.717, 1.165) is 0 Å². The van der Waals surface area contributed by atoms with Crippen LogP contribution in [-0.2, 0) is 0 Å². The highest BCUT2D eigenvalue weighted by Gasteiger charge is 2.21. The summed E-state index contributed by atoms with van der Waals surface area (Å²) in [6.07, 6.45) is -3.05. The van der Waals surface area contributed by atoms with Gasteiger partial charge in [0.15, 0.2) is 0 Å². The molecular weight excluding hydrogens is 205 g/mol. The number of hydrogen-bond donors (Lipinski definition) is 0. The Hall–Kier alpha value is -1.67. The van der Waals surface area contributed by atoms with Crippen LogP contribution in [0.1, 0.15) is 5.56 Å². The maximum atomic E-state index is 11.8. The quantitative estimate of drug-likeness (QED) is 0.685. The van der Waals surface area contributed by atoms with Gasteiger partial charge in [-0.2, -0.15) is 13.2 Å². The van der Waals surface area contributed by atoms with Crippen LogP contribution in [0.25, 0.3) is 6.08 Å². The smallest absolute Gasteiger partial charge is 0.416 e. The summed E-state index contributed by atoms with van der Waals surface area (Å²) in [5.74, 6) is 0.514. The molecule has 0 bridgehead atoms. The zero-order valence-corrected chi connectivity index (χ0v) is 8.01. The molecule has 1 nitrogen and oxygen atoms in total. The number of ether oxygens (including phenoxy) is 1. The number of para-hydroxylation sites is 1. The van der Waals surface area contributed by atoms with E-state index in [2.05, 4.69) is 5.73 Å². The molecule has 1 aromatic carbocycles. The number of alkyl halides is 3. The molecule has 0 aliphatic heterocycles. The van der Waals surface area contributed by atoms with Gasteiger partial charge in [-0.3, -0.25) is 0 Å². The first kappa shape index (κ1) is 11.4. The van der Waals surface area contributed by atoms with Crippen molar-refractivity contribution in [1.82, 2.24) is 0 Å². The molecule has 0 N–H and O–H groups in total. The predicted octanol–water partition coefficient (Wildman–Crippen LogP) is 3.43. The van der Waals surface area contributed by atoms with Crippen molar-refractivity contribution in [3.63, 3.8) is 0 Å². The van der Waals surface area contributed by atoms with Crippen molar-refractivity contribution in [3.8, 4) is 5.75 Å². The summed E-state index contributed by atoms with van der Waals surface area (Å²) in [7, 11) is 1.46. The first-order valence-electron chi connectivity index (χ1n) is 4.16. The van der Waals surface area contributed by atoms with Crippen LogP contribution in [0.3, 0.4) is 0 Å². The Morgan fingerprint density at radius 2 is 1.93 bits per heavy atom. The number of rotatable bonds is 2. The summed E-state index contributed by atoms with van der Waals surface area (Å²) in [5.41, 5.74) is 2.62. The minimum absolute atomic E-state index is 0.0550. The lowest BCUT2D eigenvalue weighted by Crippen LogP contribution is -1.99. The SMILES string of the molecule is COc1ccccc1C=C=CC(F)(F)F. The average Bonchev–Trinajstić information content (AvgIpc) is 2.16. The van der Waals surface area contributed by atoms with E-state index in [1.165, 1.54) is 13.2 Å². The van der Waals surface area contributed by atoms with E-state index in [9.17, 15) is 13.2 Å². The molecule has 15 heavy (non-hydrogen) atoms. The fourth-order valence-electron chi connectivity index (χ4n) is 1.01. The summed E-state index contributed by atoms with van der Waals surface area (Å²) in [6, 6.07) is 6.77. The molecule has 0 atom stereocenters. The zero-order valence-electron chi connectivity index (χ0n) is 8.01. The van der Waals surface area contributed by atoms with Gasteiger partial charge in [-0.15, -0.1) is 5.73 Å². The molecule has 0 radical (unpaired) electrons. The standard InChI is InChI=1S/C11H9F3O/c1-15-10-7-3-2-5-9(10)6-4-8-11(12,13)14/h2-3,5-8H,1H3. The van der Waals surface area contributed by atoms with E-state index in [-0.39, 0.29) is 6.08 Å². The van der Waals surface area contributed by atoms with Crippen molar-refractivity contribution >= 4 is 6.08 Å². The number of allylic oxidation sites excluding steroid dienone is 1. The Kier molecular flexibility index (Phi) is 3.58. The van der Waals surface area contributed by atoms with Crippen molar-refractivity contribution in [3.05, 3.63) is 41.6 Å². The second-order valence-electron chi connectivity index (χ2n) is 2.74. The molecule has 0 fully saturated rings. The molecule has 0 aromatic heterocycles. The van der Waals surface area contributed by atoms with E-state index in [4.69, 9.17) is 4.74 Å². The first-order chi connectivity index (χ1) is 7.03. The van der Waals surface area contributed by atoms with Gasteiger partial charge in [0.05, 0.1) is 13.2 Å². The first-order valence-corrected chi connectivity index (χ1v) is 4.16. The lowest BCUT2D eigenvalue weighted by atomic mass is 10.2. The molecule has 0 heterocycles. The second-order valence-corrected chi connectivity index (χ2v) is 2.74. The van der Waals surface area contributed by atoms with Gasteiger partial charge in [0.1, 0.15) is 5.75 Å². The number of hydrogen-bond acceptors (Lipinski definition) is 1. The van der Waals surface area contributed by atoms with E-state index in [1.54, 1.807) is 24.3 Å². The summed E-state index contributed by atoms with van der Waals surface area (Å²) in [5, 5.41) is 0. The maximum Gasteiger partial charge on any atom is 0.416 e. The summed E-state index contributed by atoms with van der Waals surface area (Å²) < 4.78 is 40.3. The van der Waals surface area contributed by atoms with Gasteiger partial charge >= 0.3 is 6.18 Å². The van der Waals surface area contributed by atoms with Crippen LogP contribution in [-0.4, -0.2) is 13.3 Å². The fraction of sp³-hybridized carbons (Fsp3) is 0.182. The Morgan fingerprint density at radius 3 is 2.53 bits per heavy atom. The molecule has 1 rings (SSSR count). The molecule has 0 unspecified atom stereocenters. The number of methoxy groups -OCH3 is 1. The highest BCUT2D eigenvalue weighted by Crippen LogP contribution is 2.19. The number of halogens is 3. The van der Waals surface area contributed by atoms with Gasteiger partial charge in [-0.05, 0) is 12.1 Å². The predicted molar refractivity (Wildman–Crippen MR) is 51.6 cm³/mol. The highest BCUT2D eigenvalue weighted by atomic mass is 19.4. The Labute approximate surface area is 85.5 Å². The van der Waals surface area contributed by atoms with Crippen LogP contribution in [0.4, 0.5) is 13.2 Å². The van der Waals surface area contributed by atoms with Crippen LogP contribution in [0, 0.1) is 0 Å². The van der Waals surface area contributed by atoms with E-state index in [0.29, 0.717) is 11.3 Å². The lowest BCUT2D eigenvalue weighted by molar-refractivity contribution is -0.0796. The van der Waals surface area contributed by atoms with Crippen molar-refractivity contribution in [2.75, 3.05) is 7.11 Å². The fourth-order valence-corrected chi connectivity index (χ4v) is 1.01. The largest absolute Gasteiger partial charge is 0.496 e. The van der Waals surface area contributed by atoms with Gasteiger partial charge in [0.25, 0.3) is 0 Å². The van der Waals surface area contributed by atoms with Crippen LogP contribution < -0.4 is 4.74 Å². The molecule has 1 aromatic rings. The number of benzene rings is 1. The molecular formula is C11H9F3O. The summed E-state index contributed by atoms with van der Waals surface area (Å²) in [4.78, 5) is 0. The van der Waals surface area contributed by atoms with E-state index < -0.39 is 6.18 Å². The van der Waals surface area contributed by atoms with Gasteiger partial charge in [-0.1, -0.05) is 18.2 Å². The monoisotopic (exact) mass is 214 g/mol. The third-order valence-corrected chi connectivity index (χ3v) is 1.62. The molecule has 0 spiro atoms. The van der Waals surface area contributed by atoms with Gasteiger partial charge in [-0.25, -0.2) is 0 Å². The van der Waals surface area contributed by atoms with Crippen LogP contribution in [0.2, 0.25) is 0 Å². The highest BCUT2D eigenvalue weighted by molar-refractivity contribution is 5.56. The van der Waals surface area contributed by atoms with E-state index in [1.807, 2.05) is 0 Å². The van der Waals surface area contributed by atoms with Crippen LogP contribution in [0.15, 0.2) is 36.1 Å². The van der Waals surface area contributed by atoms with Crippen molar-refractivity contribution < 1.29 is 17.9 Å². The van der Waals surface area contributed by atoms with Crippen LogP contribution in [0.5, 0.6) is 5.75 Å². The van der Waals surface area contributed by atoms with Crippen molar-refractivity contribution in [2.45, 2.75) is 6.18 Å². The molecule has 4 heteroatoms. The Morgan fingerprint density at radius 1 is 1.27 bits per heavy atom. The average molecular weight is 214 g/mol. The molecule has 0 saturated heterocycles. The molecule has 0 saturated carbocycles. The second kappa shape index (κ2) is 4.71. The molecule has 0 aliphatic rings. The topological polar surface area (TPSA) is 9.23 Å². The summed E-state index contributed by atoms with van der Waals surface area (Å²) >= 11 is 0. The minimum Gasteiger partial charge on any atom is -0.496 e. The normalized spacial score (nSPS) is 10.4. The van der Waals surface area contributed by atoms with E-state index >= 15 is 0 Å². The lowest BCUT2D eigenvalue weighted by Gasteiger charge is -2.01. The Bertz CT molecular complexity index is 387. The molecule has 0 amide bonds. The molecule has 0 aliphatic carbocycles. The van der Waals surface area contributed by atoms with Gasteiger partial charge in [0.2, 0.25) is 0 Å². The summed E-state index contributed by atoms with van der Waals surface area (Å²) in [6.45, 7) is 0. The Balaban J connectivity index is 2.94. The molecule has 80 valence electrons. The van der Waals surface area contributed by atoms with Gasteiger partial charge < -0.3 is 4.74 Å². The van der Waals surface area contributed by atoms with Crippen molar-refractivity contribution in [2.24, 2.45) is 0 Å². The maximum absolute atomic E-state index is 11.8. The third-order valence-electron chi connectivity index (χ3n) is 1.62. The van der Waals surface area contributed by atoms with Crippen molar-refractivity contribution in [1.29, 1.82) is 0 Å².